The van der Waals surface area contributed by atoms with Gasteiger partial charge in [-0.1, -0.05) is 0 Å². The molecule has 2 heterocycles. The van der Waals surface area contributed by atoms with Crippen LogP contribution in [0.3, 0.4) is 0 Å². The maximum Gasteiger partial charge on any atom is 0.328 e. The number of aliphatic hydroxyl groups is 1. The summed E-state index contributed by atoms with van der Waals surface area (Å²) in [5.41, 5.74) is 0.943. The van der Waals surface area contributed by atoms with Crippen molar-refractivity contribution in [3.8, 4) is 0 Å². The summed E-state index contributed by atoms with van der Waals surface area (Å²) in [6.45, 7) is 3.19. The second kappa shape index (κ2) is 6.84. The normalized spacial score (nSPS) is 21.0. The summed E-state index contributed by atoms with van der Waals surface area (Å²) in [4.78, 5) is 14.1. The van der Waals surface area contributed by atoms with Crippen molar-refractivity contribution < 1.29 is 15.0 Å². The number of thiophene rings is 1. The molecular weight excluding hydrogens is 262 g/mol. The molecule has 1 aromatic heterocycles. The van der Waals surface area contributed by atoms with E-state index in [9.17, 15) is 9.90 Å². The van der Waals surface area contributed by atoms with Crippen LogP contribution in [0, 0.1) is 5.92 Å². The Morgan fingerprint density at radius 2 is 2.42 bits per heavy atom. The van der Waals surface area contributed by atoms with Crippen molar-refractivity contribution in [3.63, 3.8) is 0 Å². The van der Waals surface area contributed by atoms with Crippen LogP contribution >= 0.6 is 11.3 Å². The van der Waals surface area contributed by atoms with Crippen molar-refractivity contribution >= 4 is 23.4 Å². The van der Waals surface area contributed by atoms with Crippen molar-refractivity contribution in [2.24, 2.45) is 5.92 Å². The fourth-order valence-corrected chi connectivity index (χ4v) is 3.30. The molecule has 1 fully saturated rings. The molecule has 1 atom stereocenters. The molecule has 104 valence electrons. The largest absolute Gasteiger partial charge is 0.478 e. The Bertz CT molecular complexity index is 455. The van der Waals surface area contributed by atoms with Crippen LogP contribution in [0.5, 0.6) is 0 Å². The van der Waals surface area contributed by atoms with Crippen LogP contribution in [0.2, 0.25) is 0 Å². The predicted molar refractivity (Wildman–Crippen MR) is 76.1 cm³/mol. The Hall–Kier alpha value is -1.17. The van der Waals surface area contributed by atoms with Crippen LogP contribution in [-0.4, -0.2) is 40.8 Å². The predicted octanol–water partition coefficient (Wildman–Crippen LogP) is 2.05. The summed E-state index contributed by atoms with van der Waals surface area (Å²) in [6, 6.07) is 2.03. The zero-order chi connectivity index (χ0) is 13.7. The lowest BCUT2D eigenvalue weighted by Gasteiger charge is -2.31. The molecule has 0 radical (unpaired) electrons. The Kier molecular flexibility index (Phi) is 5.13. The first kappa shape index (κ1) is 14.2. The summed E-state index contributed by atoms with van der Waals surface area (Å²) < 4.78 is 0. The van der Waals surface area contributed by atoms with Gasteiger partial charge in [0.05, 0.1) is 0 Å². The van der Waals surface area contributed by atoms with E-state index in [1.165, 1.54) is 4.88 Å². The van der Waals surface area contributed by atoms with Crippen LogP contribution in [0.25, 0.3) is 6.08 Å². The number of carboxylic acid groups (broad SMARTS) is 1. The van der Waals surface area contributed by atoms with Crippen LogP contribution in [0.4, 0.5) is 0 Å². The summed E-state index contributed by atoms with van der Waals surface area (Å²) >= 11 is 1.66. The number of nitrogens with zero attached hydrogens (tertiary/aromatic N) is 1. The van der Waals surface area contributed by atoms with Crippen LogP contribution < -0.4 is 0 Å². The maximum atomic E-state index is 10.5. The third kappa shape index (κ3) is 4.45. The molecule has 0 saturated carbocycles. The monoisotopic (exact) mass is 281 g/mol. The van der Waals surface area contributed by atoms with E-state index in [0.717, 1.165) is 44.1 Å². The van der Waals surface area contributed by atoms with E-state index < -0.39 is 5.97 Å². The highest BCUT2D eigenvalue weighted by atomic mass is 32.1. The molecule has 0 bridgehead atoms. The molecule has 5 heteroatoms. The van der Waals surface area contributed by atoms with Gasteiger partial charge in [-0.15, -0.1) is 11.3 Å². The molecular formula is C14H19NO3S. The fourth-order valence-electron chi connectivity index (χ4n) is 2.40. The smallest absolute Gasteiger partial charge is 0.328 e. The number of likely N-dealkylation sites (tertiary alicyclic amines) is 1. The van der Waals surface area contributed by atoms with E-state index in [0.29, 0.717) is 5.92 Å². The molecule has 2 rings (SSSR count). The van der Waals surface area contributed by atoms with Gasteiger partial charge < -0.3 is 10.2 Å². The van der Waals surface area contributed by atoms with E-state index in [1.54, 1.807) is 17.4 Å². The highest BCUT2D eigenvalue weighted by molar-refractivity contribution is 7.10. The van der Waals surface area contributed by atoms with Gasteiger partial charge in [-0.05, 0) is 48.4 Å². The van der Waals surface area contributed by atoms with Gasteiger partial charge in [0.15, 0.2) is 0 Å². The summed E-state index contributed by atoms with van der Waals surface area (Å²) in [5, 5.41) is 19.8. The second-order valence-electron chi connectivity index (χ2n) is 4.94. The molecule has 1 aromatic rings. The lowest BCUT2D eigenvalue weighted by molar-refractivity contribution is -0.131. The first-order chi connectivity index (χ1) is 9.17. The van der Waals surface area contributed by atoms with Gasteiger partial charge in [0.2, 0.25) is 0 Å². The van der Waals surface area contributed by atoms with Crippen molar-refractivity contribution in [1.82, 2.24) is 4.90 Å². The first-order valence-corrected chi connectivity index (χ1v) is 7.37. The molecule has 2 N–H and O–H groups in total. The van der Waals surface area contributed by atoms with Gasteiger partial charge in [-0.25, -0.2) is 4.79 Å². The Balaban J connectivity index is 1.90. The van der Waals surface area contributed by atoms with E-state index in [4.69, 9.17) is 5.11 Å². The molecule has 1 unspecified atom stereocenters. The molecule has 0 spiro atoms. The van der Waals surface area contributed by atoms with Crippen molar-refractivity contribution in [2.75, 3.05) is 19.7 Å². The zero-order valence-electron chi connectivity index (χ0n) is 10.8. The van der Waals surface area contributed by atoms with E-state index in [2.05, 4.69) is 4.90 Å². The molecule has 0 aromatic carbocycles. The molecule has 1 aliphatic rings. The van der Waals surface area contributed by atoms with Crippen LogP contribution in [-0.2, 0) is 11.3 Å². The Morgan fingerprint density at radius 1 is 1.58 bits per heavy atom. The number of piperidine rings is 1. The molecule has 4 nitrogen and oxygen atoms in total. The van der Waals surface area contributed by atoms with Gasteiger partial charge in [0.25, 0.3) is 0 Å². The maximum absolute atomic E-state index is 10.5. The SMILES string of the molecule is O=C(O)C=Cc1csc(CN2CCCC(CO)C2)c1. The number of aliphatic carboxylic acids is 1. The van der Waals surface area contributed by atoms with E-state index in [1.807, 2.05) is 11.4 Å². The summed E-state index contributed by atoms with van der Waals surface area (Å²) in [7, 11) is 0. The molecule has 1 saturated heterocycles. The summed E-state index contributed by atoms with van der Waals surface area (Å²) in [5.74, 6) is -0.519. The number of hydrogen-bond donors (Lipinski definition) is 2. The van der Waals surface area contributed by atoms with Gasteiger partial charge in [0.1, 0.15) is 0 Å². The van der Waals surface area contributed by atoms with Crippen molar-refractivity contribution in [1.29, 1.82) is 0 Å². The van der Waals surface area contributed by atoms with E-state index in [-0.39, 0.29) is 6.61 Å². The highest BCUT2D eigenvalue weighted by Gasteiger charge is 2.19. The number of hydrogen-bond acceptors (Lipinski definition) is 4. The molecule has 0 aliphatic carbocycles. The number of rotatable bonds is 5. The lowest BCUT2D eigenvalue weighted by Crippen LogP contribution is -2.36. The second-order valence-corrected chi connectivity index (χ2v) is 5.94. The highest BCUT2D eigenvalue weighted by Crippen LogP contribution is 2.22. The minimum Gasteiger partial charge on any atom is -0.478 e. The average molecular weight is 281 g/mol. The lowest BCUT2D eigenvalue weighted by atomic mass is 9.99. The fraction of sp³-hybridized carbons (Fsp3) is 0.500. The third-order valence-electron chi connectivity index (χ3n) is 3.33. The van der Waals surface area contributed by atoms with Crippen molar-refractivity contribution in [3.05, 3.63) is 28.0 Å². The minimum absolute atomic E-state index is 0.271. The van der Waals surface area contributed by atoms with Gasteiger partial charge in [0, 0.05) is 30.6 Å². The van der Waals surface area contributed by atoms with E-state index >= 15 is 0 Å². The number of carbonyl (C=O) groups is 1. The molecule has 1 aliphatic heterocycles. The minimum atomic E-state index is -0.922. The number of aliphatic hydroxyl groups excluding tert-OH is 1. The average Bonchev–Trinajstić information content (AvgIpc) is 2.84. The first-order valence-electron chi connectivity index (χ1n) is 6.49. The zero-order valence-corrected chi connectivity index (χ0v) is 11.6. The quantitative estimate of drug-likeness (QED) is 0.811. The van der Waals surface area contributed by atoms with Gasteiger partial charge in [-0.3, -0.25) is 4.90 Å². The van der Waals surface area contributed by atoms with Gasteiger partial charge >= 0.3 is 5.97 Å². The molecule has 19 heavy (non-hydrogen) atoms. The van der Waals surface area contributed by atoms with Crippen LogP contribution in [0.15, 0.2) is 17.5 Å². The Morgan fingerprint density at radius 3 is 3.16 bits per heavy atom. The van der Waals surface area contributed by atoms with Gasteiger partial charge in [-0.2, -0.15) is 0 Å². The number of carboxylic acids is 1. The topological polar surface area (TPSA) is 60.8 Å². The third-order valence-corrected chi connectivity index (χ3v) is 4.27. The standard InChI is InChI=1S/C14H19NO3S/c16-9-12-2-1-5-15(7-12)8-13-6-11(10-19-13)3-4-14(17)18/h3-4,6,10,12,16H,1-2,5,7-9H2,(H,17,18). The molecule has 0 amide bonds. The Labute approximate surface area is 117 Å². The van der Waals surface area contributed by atoms with Crippen molar-refractivity contribution in [2.45, 2.75) is 19.4 Å². The summed E-state index contributed by atoms with van der Waals surface area (Å²) in [6.07, 6.45) is 5.04. The van der Waals surface area contributed by atoms with Crippen LogP contribution in [0.1, 0.15) is 23.3 Å².